The fourth-order valence-electron chi connectivity index (χ4n) is 0.954. The molecule has 0 fully saturated rings. The molecule has 0 spiro atoms. The molecule has 0 amide bonds. The van der Waals surface area contributed by atoms with Crippen molar-refractivity contribution in [3.63, 3.8) is 0 Å². The van der Waals surface area contributed by atoms with Crippen LogP contribution in [-0.4, -0.2) is 22.7 Å². The third-order valence-electron chi connectivity index (χ3n) is 1.65. The highest BCUT2D eigenvalue weighted by Gasteiger charge is 2.10. The molecule has 0 saturated heterocycles. The number of aliphatic hydroxyl groups excluding tert-OH is 1. The second kappa shape index (κ2) is 5.09. The maximum absolute atomic E-state index is 8.79. The maximum Gasteiger partial charge on any atom is 0.133 e. The Morgan fingerprint density at radius 2 is 2.38 bits per heavy atom. The van der Waals surface area contributed by atoms with Gasteiger partial charge in [-0.1, -0.05) is 11.6 Å². The van der Waals surface area contributed by atoms with Crippen LogP contribution in [0.25, 0.3) is 0 Å². The molecule has 3 nitrogen and oxygen atoms in total. The van der Waals surface area contributed by atoms with E-state index in [1.165, 1.54) is 0 Å². The van der Waals surface area contributed by atoms with Crippen molar-refractivity contribution in [1.82, 2.24) is 4.98 Å². The van der Waals surface area contributed by atoms with E-state index in [1.54, 1.807) is 6.20 Å². The van der Waals surface area contributed by atoms with Gasteiger partial charge in [0.15, 0.2) is 0 Å². The lowest BCUT2D eigenvalue weighted by Crippen LogP contribution is -2.27. The molecule has 0 aliphatic rings. The molecule has 0 aliphatic carbocycles. The summed E-state index contributed by atoms with van der Waals surface area (Å²) < 4.78 is 1.03. The molecule has 1 aromatic heterocycles. The van der Waals surface area contributed by atoms with Gasteiger partial charge in [-0.05, 0) is 35.1 Å². The standard InChI is InChI=1S/C8H10ClIN2O/c9-8-6(3-5(11)4-13)7(10)1-2-12-8/h1-2,5,13H,3-4,11H2. The van der Waals surface area contributed by atoms with Crippen LogP contribution in [0.3, 0.4) is 0 Å². The third-order valence-corrected chi connectivity index (χ3v) is 2.98. The Kier molecular flexibility index (Phi) is 4.37. The van der Waals surface area contributed by atoms with Crippen molar-refractivity contribution >= 4 is 34.2 Å². The van der Waals surface area contributed by atoms with Gasteiger partial charge in [0.1, 0.15) is 5.15 Å². The second-order valence-electron chi connectivity index (χ2n) is 2.71. The van der Waals surface area contributed by atoms with Gasteiger partial charge in [0, 0.05) is 21.4 Å². The molecule has 1 heterocycles. The molecule has 1 rings (SSSR count). The van der Waals surface area contributed by atoms with E-state index >= 15 is 0 Å². The molecule has 3 N–H and O–H groups in total. The predicted molar refractivity (Wildman–Crippen MR) is 60.7 cm³/mol. The summed E-state index contributed by atoms with van der Waals surface area (Å²) in [5.74, 6) is 0. The first kappa shape index (κ1) is 11.2. The fraction of sp³-hybridized carbons (Fsp3) is 0.375. The lowest BCUT2D eigenvalue weighted by molar-refractivity contribution is 0.265. The second-order valence-corrected chi connectivity index (χ2v) is 4.23. The predicted octanol–water partition coefficient (Wildman–Crippen LogP) is 1.20. The van der Waals surface area contributed by atoms with Crippen molar-refractivity contribution < 1.29 is 5.11 Å². The fourth-order valence-corrected chi connectivity index (χ4v) is 1.98. The number of hydrogen-bond donors (Lipinski definition) is 2. The quantitative estimate of drug-likeness (QED) is 0.651. The molecule has 0 radical (unpaired) electrons. The van der Waals surface area contributed by atoms with Gasteiger partial charge in [-0.2, -0.15) is 0 Å². The Balaban J connectivity index is 2.87. The van der Waals surface area contributed by atoms with Crippen LogP contribution in [0.5, 0.6) is 0 Å². The highest BCUT2D eigenvalue weighted by Crippen LogP contribution is 2.20. The highest BCUT2D eigenvalue weighted by atomic mass is 127. The topological polar surface area (TPSA) is 59.1 Å². The molecule has 5 heteroatoms. The molecule has 1 unspecified atom stereocenters. The monoisotopic (exact) mass is 312 g/mol. The van der Waals surface area contributed by atoms with Crippen LogP contribution in [0.15, 0.2) is 12.3 Å². The van der Waals surface area contributed by atoms with Gasteiger partial charge in [-0.15, -0.1) is 0 Å². The summed E-state index contributed by atoms with van der Waals surface area (Å²) in [7, 11) is 0. The lowest BCUT2D eigenvalue weighted by atomic mass is 10.1. The Hall–Kier alpha value is 0.0900. The third kappa shape index (κ3) is 3.05. The van der Waals surface area contributed by atoms with Crippen molar-refractivity contribution in [2.45, 2.75) is 12.5 Å². The summed E-state index contributed by atoms with van der Waals surface area (Å²) in [5, 5.41) is 9.26. The highest BCUT2D eigenvalue weighted by molar-refractivity contribution is 14.1. The Morgan fingerprint density at radius 1 is 1.69 bits per heavy atom. The van der Waals surface area contributed by atoms with Gasteiger partial charge in [0.05, 0.1) is 6.61 Å². The number of nitrogens with zero attached hydrogens (tertiary/aromatic N) is 1. The van der Waals surface area contributed by atoms with Gasteiger partial charge in [0.2, 0.25) is 0 Å². The first-order chi connectivity index (χ1) is 6.15. The van der Waals surface area contributed by atoms with Gasteiger partial charge < -0.3 is 10.8 Å². The van der Waals surface area contributed by atoms with Crippen molar-refractivity contribution in [2.75, 3.05) is 6.61 Å². The Bertz CT molecular complexity index is 275. The number of nitrogens with two attached hydrogens (primary N) is 1. The van der Waals surface area contributed by atoms with Gasteiger partial charge in [0.25, 0.3) is 0 Å². The largest absolute Gasteiger partial charge is 0.395 e. The van der Waals surface area contributed by atoms with Crippen LogP contribution in [0.1, 0.15) is 5.56 Å². The van der Waals surface area contributed by atoms with Crippen LogP contribution in [0.4, 0.5) is 0 Å². The van der Waals surface area contributed by atoms with E-state index in [0.717, 1.165) is 9.13 Å². The van der Waals surface area contributed by atoms with E-state index in [2.05, 4.69) is 27.6 Å². The van der Waals surface area contributed by atoms with Crippen LogP contribution in [-0.2, 0) is 6.42 Å². The summed E-state index contributed by atoms with van der Waals surface area (Å²) in [6.07, 6.45) is 2.21. The lowest BCUT2D eigenvalue weighted by Gasteiger charge is -2.10. The number of aliphatic hydroxyl groups is 1. The maximum atomic E-state index is 8.79. The zero-order chi connectivity index (χ0) is 9.84. The number of aromatic nitrogens is 1. The molecular formula is C8H10ClIN2O. The molecule has 0 saturated carbocycles. The average Bonchev–Trinajstić information content (AvgIpc) is 2.11. The summed E-state index contributed by atoms with van der Waals surface area (Å²) in [6.45, 7) is -0.0404. The molecule has 0 bridgehead atoms. The molecule has 0 aromatic carbocycles. The summed E-state index contributed by atoms with van der Waals surface area (Å²) in [5.41, 5.74) is 6.51. The molecule has 0 aliphatic heterocycles. The van der Waals surface area contributed by atoms with E-state index in [1.807, 2.05) is 6.07 Å². The number of pyridine rings is 1. The molecule has 72 valence electrons. The molecule has 1 atom stereocenters. The minimum Gasteiger partial charge on any atom is -0.395 e. The molecule has 13 heavy (non-hydrogen) atoms. The van der Waals surface area contributed by atoms with Gasteiger partial charge >= 0.3 is 0 Å². The van der Waals surface area contributed by atoms with Crippen molar-refractivity contribution in [3.8, 4) is 0 Å². The summed E-state index contributed by atoms with van der Waals surface area (Å²) >= 11 is 8.05. The first-order valence-electron chi connectivity index (χ1n) is 3.80. The molecular weight excluding hydrogens is 302 g/mol. The van der Waals surface area contributed by atoms with Crippen LogP contribution in [0, 0.1) is 3.57 Å². The minimum atomic E-state index is -0.268. The van der Waals surface area contributed by atoms with E-state index in [0.29, 0.717) is 11.6 Å². The normalized spacial score (nSPS) is 12.9. The van der Waals surface area contributed by atoms with Gasteiger partial charge in [-0.25, -0.2) is 4.98 Å². The SMILES string of the molecule is NC(CO)Cc1c(I)ccnc1Cl. The van der Waals surface area contributed by atoms with Gasteiger partial charge in [-0.3, -0.25) is 0 Å². The van der Waals surface area contributed by atoms with Crippen molar-refractivity contribution in [1.29, 1.82) is 0 Å². The Labute approximate surface area is 95.4 Å². The average molecular weight is 313 g/mol. The number of halogens is 2. The van der Waals surface area contributed by atoms with Crippen molar-refractivity contribution in [2.24, 2.45) is 5.73 Å². The molecule has 1 aromatic rings. The van der Waals surface area contributed by atoms with E-state index < -0.39 is 0 Å². The number of hydrogen-bond acceptors (Lipinski definition) is 3. The number of rotatable bonds is 3. The van der Waals surface area contributed by atoms with Crippen LogP contribution < -0.4 is 5.73 Å². The zero-order valence-corrected chi connectivity index (χ0v) is 9.79. The Morgan fingerprint density at radius 3 is 2.92 bits per heavy atom. The minimum absolute atomic E-state index is 0.0404. The van der Waals surface area contributed by atoms with E-state index in [-0.39, 0.29) is 12.6 Å². The van der Waals surface area contributed by atoms with Crippen LogP contribution >= 0.6 is 34.2 Å². The smallest absolute Gasteiger partial charge is 0.133 e. The van der Waals surface area contributed by atoms with E-state index in [4.69, 9.17) is 22.4 Å². The van der Waals surface area contributed by atoms with Crippen molar-refractivity contribution in [3.05, 3.63) is 26.5 Å². The summed E-state index contributed by atoms with van der Waals surface area (Å²) in [4.78, 5) is 3.95. The van der Waals surface area contributed by atoms with Crippen LogP contribution in [0.2, 0.25) is 5.15 Å². The summed E-state index contributed by atoms with van der Waals surface area (Å²) in [6, 6.07) is 1.60. The van der Waals surface area contributed by atoms with E-state index in [9.17, 15) is 0 Å². The first-order valence-corrected chi connectivity index (χ1v) is 5.26. The zero-order valence-electron chi connectivity index (χ0n) is 6.87.